The van der Waals surface area contributed by atoms with E-state index in [0.717, 1.165) is 19.3 Å². The first-order chi connectivity index (χ1) is 11.5. The van der Waals surface area contributed by atoms with Gasteiger partial charge in [-0.3, -0.25) is 0 Å². The maximum atomic E-state index is 6.03. The van der Waals surface area contributed by atoms with E-state index < -0.39 is 32.3 Å². The molecule has 27 heavy (non-hydrogen) atoms. The predicted molar refractivity (Wildman–Crippen MR) is 156 cm³/mol. The average molecular weight is 513 g/mol. The van der Waals surface area contributed by atoms with E-state index in [2.05, 4.69) is 78.6 Å². The predicted octanol–water partition coefficient (Wildman–Crippen LogP) is 7.74. The highest BCUT2D eigenvalue weighted by atomic mass is 32.1. The minimum atomic E-state index is -1.53. The molecule has 0 fully saturated rings. The van der Waals surface area contributed by atoms with Crippen molar-refractivity contribution in [2.24, 2.45) is 0 Å². The van der Waals surface area contributed by atoms with Crippen molar-refractivity contribution < 1.29 is 0 Å². The Balaban J connectivity index is 5.42. The monoisotopic (exact) mass is 512 g/mol. The molecular formula is C19H44S4Si4. The maximum Gasteiger partial charge on any atom is 0.0649 e. The Morgan fingerprint density at radius 1 is 0.556 bits per heavy atom. The summed E-state index contributed by atoms with van der Waals surface area (Å²) in [7, 11) is -6.13. The summed E-state index contributed by atoms with van der Waals surface area (Å²) in [5.41, 5.74) is 0. The fourth-order valence-electron chi connectivity index (χ4n) is 4.69. The Labute approximate surface area is 196 Å². The Hall–Kier alpha value is 1.75. The highest BCUT2D eigenvalue weighted by Gasteiger charge is 2.54. The highest BCUT2D eigenvalue weighted by Crippen LogP contribution is 2.42. The van der Waals surface area contributed by atoms with Crippen molar-refractivity contribution in [2.45, 2.75) is 106 Å². The minimum absolute atomic E-state index is 0.0213. The maximum absolute atomic E-state index is 6.03. The van der Waals surface area contributed by atoms with Crippen LogP contribution in [0.25, 0.3) is 0 Å². The molecule has 0 radical (unpaired) electrons. The lowest BCUT2D eigenvalue weighted by molar-refractivity contribution is 0.916. The number of thiol groups is 2. The van der Waals surface area contributed by atoms with Gasteiger partial charge in [0.2, 0.25) is 0 Å². The van der Waals surface area contributed by atoms with Crippen LogP contribution in [0.3, 0.4) is 0 Å². The third-order valence-electron chi connectivity index (χ3n) is 5.96. The van der Waals surface area contributed by atoms with E-state index in [4.69, 9.17) is 49.7 Å². The molecule has 0 aliphatic heterocycles. The van der Waals surface area contributed by atoms with Crippen molar-refractivity contribution in [2.75, 3.05) is 0 Å². The van der Waals surface area contributed by atoms with Gasteiger partial charge in [0.25, 0.3) is 0 Å². The van der Waals surface area contributed by atoms with Crippen LogP contribution >= 0.6 is 49.7 Å². The lowest BCUT2D eigenvalue weighted by Gasteiger charge is -2.50. The molecule has 0 saturated heterocycles. The zero-order valence-electron chi connectivity index (χ0n) is 19.8. The lowest BCUT2D eigenvalue weighted by Crippen LogP contribution is -2.67. The SMILES string of the molecule is C[Si](C)(C)C(S)(C(=S)CCCC(=S)C(S)([Si](C)(C)C)[Si](C)(C)C)[Si](C)(C)C. The molecule has 0 saturated carbocycles. The molecule has 0 aromatic rings. The van der Waals surface area contributed by atoms with Crippen LogP contribution in [-0.2, 0) is 0 Å². The van der Waals surface area contributed by atoms with Crippen LogP contribution in [0.5, 0.6) is 0 Å². The van der Waals surface area contributed by atoms with E-state index in [0.29, 0.717) is 0 Å². The number of hydrogen-bond donors (Lipinski definition) is 2. The summed E-state index contributed by atoms with van der Waals surface area (Å²) in [6.07, 6.45) is 2.98. The summed E-state index contributed by atoms with van der Waals surface area (Å²) >= 11 is 22.6. The molecule has 0 unspecified atom stereocenters. The fraction of sp³-hybridized carbons (Fsp3) is 0.895. The van der Waals surface area contributed by atoms with Gasteiger partial charge in [0.15, 0.2) is 0 Å². The van der Waals surface area contributed by atoms with Gasteiger partial charge in [0, 0.05) is 17.7 Å². The van der Waals surface area contributed by atoms with Crippen LogP contribution in [0, 0.1) is 0 Å². The zero-order valence-corrected chi connectivity index (χ0v) is 27.3. The van der Waals surface area contributed by atoms with E-state index in [1.165, 1.54) is 9.73 Å². The molecule has 0 N–H and O–H groups in total. The quantitative estimate of drug-likeness (QED) is 0.174. The van der Waals surface area contributed by atoms with Crippen LogP contribution in [0.1, 0.15) is 19.3 Å². The van der Waals surface area contributed by atoms with Crippen molar-refractivity contribution in [3.05, 3.63) is 0 Å². The number of rotatable bonds is 10. The van der Waals surface area contributed by atoms with Crippen molar-refractivity contribution in [1.82, 2.24) is 0 Å². The largest absolute Gasteiger partial charge is 0.174 e. The molecule has 0 aliphatic rings. The van der Waals surface area contributed by atoms with Crippen molar-refractivity contribution in [3.8, 4) is 0 Å². The van der Waals surface area contributed by atoms with Crippen LogP contribution < -0.4 is 0 Å². The minimum Gasteiger partial charge on any atom is -0.174 e. The normalized spacial score (nSPS) is 15.0. The Morgan fingerprint density at radius 2 is 0.741 bits per heavy atom. The highest BCUT2D eigenvalue weighted by molar-refractivity contribution is 7.92. The Kier molecular flexibility index (Phi) is 9.67. The molecule has 0 spiro atoms. The van der Waals surface area contributed by atoms with Gasteiger partial charge in [-0.2, -0.15) is 25.3 Å². The first kappa shape index (κ1) is 28.7. The van der Waals surface area contributed by atoms with E-state index >= 15 is 0 Å². The summed E-state index contributed by atoms with van der Waals surface area (Å²) in [6.45, 7) is 29.1. The van der Waals surface area contributed by atoms with Gasteiger partial charge in [0.1, 0.15) is 0 Å². The second-order valence-corrected chi connectivity index (χ2v) is 38.1. The molecule has 0 amide bonds. The summed E-state index contributed by atoms with van der Waals surface area (Å²) in [5, 5.41) is 0. The van der Waals surface area contributed by atoms with Crippen molar-refractivity contribution in [1.29, 1.82) is 0 Å². The molecule has 0 heterocycles. The molecule has 0 aromatic carbocycles. The summed E-state index contributed by atoms with van der Waals surface area (Å²) in [4.78, 5) is 2.38. The van der Waals surface area contributed by atoms with Crippen LogP contribution in [0.4, 0.5) is 0 Å². The smallest absolute Gasteiger partial charge is 0.0649 e. The molecule has 0 rings (SSSR count). The standard InChI is InChI=1S/C19H44S4Si4/c1-24(2,3)18(22,25(4,5)6)16(20)14-13-15-17(21)19(23,26(7,8)9)27(10,11)12/h22-23H,13-15H2,1-12H3. The molecular weight excluding hydrogens is 469 g/mol. The summed E-state index contributed by atoms with van der Waals surface area (Å²) in [6, 6.07) is 0. The van der Waals surface area contributed by atoms with Gasteiger partial charge in [-0.1, -0.05) is 103 Å². The first-order valence-electron chi connectivity index (χ1n) is 10.1. The van der Waals surface area contributed by atoms with Crippen molar-refractivity contribution in [3.63, 3.8) is 0 Å². The Bertz CT molecular complexity index is 482. The molecule has 8 heteroatoms. The summed E-state index contributed by atoms with van der Waals surface area (Å²) in [5.74, 6) is 0. The van der Waals surface area contributed by atoms with Crippen LogP contribution in [0.15, 0.2) is 0 Å². The number of thiocarbonyl (C=S) groups is 2. The molecule has 0 nitrogen and oxygen atoms in total. The molecule has 0 bridgehead atoms. The lowest BCUT2D eigenvalue weighted by atomic mass is 10.1. The number of hydrogen-bond acceptors (Lipinski definition) is 4. The van der Waals surface area contributed by atoms with Gasteiger partial charge in [0.05, 0.1) is 32.3 Å². The first-order valence-corrected chi connectivity index (χ1v) is 25.8. The van der Waals surface area contributed by atoms with Crippen molar-refractivity contribution >= 4 is 91.7 Å². The van der Waals surface area contributed by atoms with E-state index in [1.54, 1.807) is 0 Å². The second kappa shape index (κ2) is 9.08. The summed E-state index contributed by atoms with van der Waals surface area (Å²) < 4.78 is -0.0425. The molecule has 0 aliphatic carbocycles. The van der Waals surface area contributed by atoms with Gasteiger partial charge in [-0.05, 0) is 19.3 Å². The van der Waals surface area contributed by atoms with E-state index in [9.17, 15) is 0 Å². The van der Waals surface area contributed by atoms with Crippen LogP contribution in [0.2, 0.25) is 78.6 Å². The third kappa shape index (κ3) is 5.92. The topological polar surface area (TPSA) is 0 Å². The molecule has 0 aromatic heterocycles. The molecule has 0 atom stereocenters. The average Bonchev–Trinajstić information content (AvgIpc) is 2.39. The van der Waals surface area contributed by atoms with Gasteiger partial charge in [-0.15, -0.1) is 0 Å². The zero-order chi connectivity index (χ0) is 22.3. The van der Waals surface area contributed by atoms with E-state index in [1.807, 2.05) is 0 Å². The third-order valence-corrected chi connectivity index (χ3v) is 35.5. The second-order valence-electron chi connectivity index (χ2n) is 12.1. The molecule has 160 valence electrons. The fourth-order valence-corrected chi connectivity index (χ4v) is 30.7. The van der Waals surface area contributed by atoms with Gasteiger partial charge in [-0.25, -0.2) is 0 Å². The Morgan fingerprint density at radius 3 is 0.889 bits per heavy atom. The van der Waals surface area contributed by atoms with Gasteiger partial charge < -0.3 is 0 Å². The van der Waals surface area contributed by atoms with Gasteiger partial charge >= 0.3 is 0 Å². The van der Waals surface area contributed by atoms with E-state index in [-0.39, 0.29) is 7.99 Å². The van der Waals surface area contributed by atoms with Crippen LogP contribution in [-0.4, -0.2) is 50.0 Å².